The monoisotopic (exact) mass is 568 g/mol. The Labute approximate surface area is 232 Å². The summed E-state index contributed by atoms with van der Waals surface area (Å²) in [6.45, 7) is 7.52. The van der Waals surface area contributed by atoms with E-state index in [4.69, 9.17) is 14.2 Å². The van der Waals surface area contributed by atoms with Crippen LogP contribution in [-0.2, 0) is 11.5 Å². The summed E-state index contributed by atoms with van der Waals surface area (Å²) >= 11 is 1.30. The van der Waals surface area contributed by atoms with E-state index in [-0.39, 0.29) is 37.0 Å². The van der Waals surface area contributed by atoms with Crippen LogP contribution in [-0.4, -0.2) is 50.0 Å². The number of hydrogen-bond donors (Lipinski definition) is 0. The molecule has 2 aromatic carbocycles. The van der Waals surface area contributed by atoms with E-state index < -0.39 is 8.07 Å². The van der Waals surface area contributed by atoms with E-state index in [2.05, 4.69) is 24.6 Å². The summed E-state index contributed by atoms with van der Waals surface area (Å²) in [5.41, 5.74) is 1.54. The predicted octanol–water partition coefficient (Wildman–Crippen LogP) is 7.08. The number of fused-ring (bicyclic) bond motifs is 1. The van der Waals surface area contributed by atoms with Crippen LogP contribution in [0.1, 0.15) is 33.7 Å². The van der Waals surface area contributed by atoms with Crippen LogP contribution < -0.4 is 9.47 Å². The lowest BCUT2D eigenvalue weighted by Crippen LogP contribution is -2.22. The average Bonchev–Trinajstić information content (AvgIpc) is 3.53. The van der Waals surface area contributed by atoms with Crippen LogP contribution in [0.5, 0.6) is 11.5 Å². The quantitative estimate of drug-likeness (QED) is 0.0974. The van der Waals surface area contributed by atoms with Crippen molar-refractivity contribution in [3.63, 3.8) is 0 Å². The maximum atomic E-state index is 14.4. The van der Waals surface area contributed by atoms with E-state index in [1.807, 2.05) is 11.4 Å². The number of ether oxygens (including phenoxy) is 3. The van der Waals surface area contributed by atoms with Gasteiger partial charge in [0.05, 0.1) is 25.1 Å². The molecular formula is C29H33FN2O5SSi. The Morgan fingerprint density at radius 1 is 1.03 bits per heavy atom. The molecule has 0 saturated carbocycles. The fourth-order valence-corrected chi connectivity index (χ4v) is 5.89. The van der Waals surface area contributed by atoms with E-state index >= 15 is 0 Å². The number of thiophene rings is 1. The molecule has 0 aliphatic carbocycles. The van der Waals surface area contributed by atoms with Gasteiger partial charge in [0.2, 0.25) is 0 Å². The first kappa shape index (κ1) is 28.7. The number of benzene rings is 2. The van der Waals surface area contributed by atoms with Crippen molar-refractivity contribution in [1.82, 2.24) is 9.55 Å². The molecule has 0 unspecified atom stereocenters. The normalized spacial score (nSPS) is 11.6. The molecule has 2 heterocycles. The lowest BCUT2D eigenvalue weighted by Gasteiger charge is -2.17. The highest BCUT2D eigenvalue weighted by molar-refractivity contribution is 7.17. The van der Waals surface area contributed by atoms with Gasteiger partial charge in [0.1, 0.15) is 24.1 Å². The molecule has 0 spiro atoms. The van der Waals surface area contributed by atoms with Gasteiger partial charge in [-0.1, -0.05) is 31.8 Å². The number of carbonyl (C=O) groups is 2. The lowest BCUT2D eigenvalue weighted by atomic mass is 10.0. The van der Waals surface area contributed by atoms with Gasteiger partial charge in [-0.05, 0) is 30.3 Å². The molecule has 0 saturated heterocycles. The molecule has 0 N–H and O–H groups in total. The Balaban J connectivity index is 1.57. The number of ketones is 2. The Morgan fingerprint density at radius 2 is 1.77 bits per heavy atom. The smallest absolute Gasteiger partial charge is 0.181 e. The van der Waals surface area contributed by atoms with Gasteiger partial charge in [-0.3, -0.25) is 14.2 Å². The fraction of sp³-hybridized carbons (Fsp3) is 0.345. The number of aromatic nitrogens is 2. The van der Waals surface area contributed by atoms with Gasteiger partial charge >= 0.3 is 0 Å². The molecule has 10 heteroatoms. The second-order valence-corrected chi connectivity index (χ2v) is 16.9. The third-order valence-electron chi connectivity index (χ3n) is 6.44. The minimum atomic E-state index is -1.31. The standard InChI is InChI=1S/C29H33FN2O5SSi/c1-35-26-12-9-19(15-27(26)36-2)24(33)10-11-25(34)23-16-31-29(32(23)18-37-13-14-39(3,4)5)21-17-38-28-20(21)7-6-8-22(28)30/h6-9,12,15-17H,10-11,13-14,18H2,1-5H3. The number of imidazole rings is 1. The second kappa shape index (κ2) is 12.2. The maximum Gasteiger partial charge on any atom is 0.181 e. The first-order valence-electron chi connectivity index (χ1n) is 12.7. The molecular weight excluding hydrogens is 535 g/mol. The molecule has 7 nitrogen and oxygen atoms in total. The minimum Gasteiger partial charge on any atom is -0.493 e. The van der Waals surface area contributed by atoms with Crippen molar-refractivity contribution in [2.75, 3.05) is 20.8 Å². The van der Waals surface area contributed by atoms with E-state index in [1.54, 1.807) is 28.8 Å². The van der Waals surface area contributed by atoms with Crippen LogP contribution in [0.25, 0.3) is 21.5 Å². The Hall–Kier alpha value is -3.34. The molecule has 0 atom stereocenters. The van der Waals surface area contributed by atoms with Crippen LogP contribution >= 0.6 is 11.3 Å². The molecule has 39 heavy (non-hydrogen) atoms. The number of hydrogen-bond acceptors (Lipinski definition) is 7. The first-order chi connectivity index (χ1) is 18.6. The maximum absolute atomic E-state index is 14.4. The van der Waals surface area contributed by atoms with E-state index in [9.17, 15) is 14.0 Å². The molecule has 0 bridgehead atoms. The zero-order valence-corrected chi connectivity index (χ0v) is 24.7. The number of halogens is 1. The van der Waals surface area contributed by atoms with Crippen LogP contribution in [0.2, 0.25) is 25.7 Å². The number of methoxy groups -OCH3 is 2. The van der Waals surface area contributed by atoms with Crippen molar-refractivity contribution < 1.29 is 28.2 Å². The minimum absolute atomic E-state index is 0.00618. The van der Waals surface area contributed by atoms with Crippen molar-refractivity contribution in [3.8, 4) is 22.9 Å². The molecule has 206 valence electrons. The van der Waals surface area contributed by atoms with Gasteiger partial charge in [-0.15, -0.1) is 11.3 Å². The summed E-state index contributed by atoms with van der Waals surface area (Å²) < 4.78 is 33.2. The van der Waals surface area contributed by atoms with E-state index in [0.29, 0.717) is 39.9 Å². The van der Waals surface area contributed by atoms with Crippen molar-refractivity contribution in [2.24, 2.45) is 0 Å². The molecule has 0 aliphatic heterocycles. The topological polar surface area (TPSA) is 79.7 Å². The molecule has 4 aromatic rings. The number of rotatable bonds is 13. The van der Waals surface area contributed by atoms with Gasteiger partial charge in [0, 0.05) is 49.4 Å². The van der Waals surface area contributed by atoms with E-state index in [1.165, 1.54) is 37.8 Å². The molecule has 0 aliphatic rings. The summed E-state index contributed by atoms with van der Waals surface area (Å²) in [6, 6.07) is 10.9. The van der Waals surface area contributed by atoms with Crippen molar-refractivity contribution >= 4 is 41.1 Å². The Bertz CT molecular complexity index is 1490. The first-order valence-corrected chi connectivity index (χ1v) is 17.3. The third kappa shape index (κ3) is 6.63. The number of carbonyl (C=O) groups excluding carboxylic acids is 2. The highest BCUT2D eigenvalue weighted by Gasteiger charge is 2.22. The third-order valence-corrected chi connectivity index (χ3v) is 9.14. The van der Waals surface area contributed by atoms with Crippen molar-refractivity contribution in [2.45, 2.75) is 45.3 Å². The zero-order valence-electron chi connectivity index (χ0n) is 22.9. The van der Waals surface area contributed by atoms with Gasteiger partial charge in [0.25, 0.3) is 0 Å². The highest BCUT2D eigenvalue weighted by atomic mass is 32.1. The Kier molecular flexibility index (Phi) is 8.99. The summed E-state index contributed by atoms with van der Waals surface area (Å²) in [5.74, 6) is 0.819. The summed E-state index contributed by atoms with van der Waals surface area (Å²) in [5, 5.41) is 2.58. The van der Waals surface area contributed by atoms with Gasteiger partial charge in [0.15, 0.2) is 23.1 Å². The van der Waals surface area contributed by atoms with Crippen LogP contribution in [0, 0.1) is 5.82 Å². The van der Waals surface area contributed by atoms with E-state index in [0.717, 1.165) is 17.0 Å². The summed E-state index contributed by atoms with van der Waals surface area (Å²) in [6.07, 6.45) is 1.55. The lowest BCUT2D eigenvalue weighted by molar-refractivity contribution is 0.0802. The van der Waals surface area contributed by atoms with Crippen molar-refractivity contribution in [3.05, 3.63) is 65.0 Å². The average molecular weight is 569 g/mol. The second-order valence-electron chi connectivity index (χ2n) is 10.4. The zero-order chi connectivity index (χ0) is 28.2. The molecule has 4 rings (SSSR count). The van der Waals surface area contributed by atoms with Crippen LogP contribution in [0.3, 0.4) is 0 Å². The fourth-order valence-electron chi connectivity index (χ4n) is 4.18. The molecule has 0 fully saturated rings. The number of nitrogens with zero attached hydrogens (tertiary/aromatic N) is 2. The van der Waals surface area contributed by atoms with Crippen LogP contribution in [0.4, 0.5) is 4.39 Å². The molecule has 2 aromatic heterocycles. The van der Waals surface area contributed by atoms with Crippen molar-refractivity contribution in [1.29, 1.82) is 0 Å². The number of Topliss-reactive ketones (excluding diaryl/α,β-unsaturated/α-hetero) is 2. The highest BCUT2D eigenvalue weighted by Crippen LogP contribution is 2.35. The summed E-state index contributed by atoms with van der Waals surface area (Å²) in [4.78, 5) is 30.8. The predicted molar refractivity (Wildman–Crippen MR) is 155 cm³/mol. The summed E-state index contributed by atoms with van der Waals surface area (Å²) in [7, 11) is 1.73. The van der Waals surface area contributed by atoms with Gasteiger partial charge in [-0.25, -0.2) is 9.37 Å². The van der Waals surface area contributed by atoms with Gasteiger partial charge in [-0.2, -0.15) is 0 Å². The van der Waals surface area contributed by atoms with Crippen LogP contribution in [0.15, 0.2) is 48.0 Å². The Morgan fingerprint density at radius 3 is 2.49 bits per heavy atom. The van der Waals surface area contributed by atoms with Gasteiger partial charge < -0.3 is 14.2 Å². The largest absolute Gasteiger partial charge is 0.493 e. The SMILES string of the molecule is COc1ccc(C(=O)CCC(=O)c2cnc(-c3csc4c(F)cccc34)n2COCC[Si](C)(C)C)cc1OC. The molecule has 0 amide bonds. The molecule has 0 radical (unpaired) electrons.